The minimum Gasteiger partial charge on any atom is -0.454 e. The number of aliphatic hydroxyl groups excluding tert-OH is 6. The first kappa shape index (κ1) is 27.3. The van der Waals surface area contributed by atoms with Crippen LogP contribution >= 0.6 is 0 Å². The largest absolute Gasteiger partial charge is 0.454 e. The first-order chi connectivity index (χ1) is 19.2. The molecule has 6 N–H and O–H groups in total. The van der Waals surface area contributed by atoms with Crippen LogP contribution in [0.25, 0.3) is 0 Å². The molecule has 3 aliphatic heterocycles. The van der Waals surface area contributed by atoms with Crippen molar-refractivity contribution in [3.05, 3.63) is 23.8 Å². The molecule has 6 rings (SSSR count). The van der Waals surface area contributed by atoms with E-state index in [1.54, 1.807) is 18.2 Å². The highest BCUT2D eigenvalue weighted by Gasteiger charge is 2.59. The molecule has 0 radical (unpaired) electrons. The SMILES string of the molecule is O=C1[C@H]2[C@H]3[C@H](O)[C@H](O)C/C(=N\O[C@@H]4O[C@H](CO)[C@@H](O)[C@H](O)[C@H]4O)[C@@H]3CC[C@H]2C(=O)N1Cc1ccc2c(c1)OCO2. The number of rotatable bonds is 5. The minimum atomic E-state index is -1.67. The Morgan fingerprint density at radius 1 is 0.925 bits per heavy atom. The predicted molar refractivity (Wildman–Crippen MR) is 130 cm³/mol. The molecule has 2 saturated heterocycles. The van der Waals surface area contributed by atoms with E-state index < -0.39 is 79.1 Å². The maximum Gasteiger partial charge on any atom is 0.256 e. The third-order valence-electron chi connectivity index (χ3n) is 8.77. The fraction of sp³-hybridized carbons (Fsp3) is 0.654. The molecule has 40 heavy (non-hydrogen) atoms. The van der Waals surface area contributed by atoms with Gasteiger partial charge in [-0.25, -0.2) is 0 Å². The molecular formula is C26H32N2O12. The van der Waals surface area contributed by atoms with Crippen molar-refractivity contribution in [1.82, 2.24) is 4.90 Å². The first-order valence-electron chi connectivity index (χ1n) is 13.3. The molecule has 14 heteroatoms. The summed E-state index contributed by atoms with van der Waals surface area (Å²) in [5.74, 6) is -2.52. The molecule has 2 aliphatic carbocycles. The maximum absolute atomic E-state index is 13.6. The van der Waals surface area contributed by atoms with E-state index in [1.165, 1.54) is 4.90 Å². The second-order valence-electron chi connectivity index (χ2n) is 11.0. The maximum atomic E-state index is 13.6. The zero-order valence-electron chi connectivity index (χ0n) is 21.4. The van der Waals surface area contributed by atoms with Gasteiger partial charge in [-0.1, -0.05) is 11.2 Å². The van der Waals surface area contributed by atoms with E-state index in [1.807, 2.05) is 0 Å². The average molecular weight is 565 g/mol. The summed E-state index contributed by atoms with van der Waals surface area (Å²) < 4.78 is 16.0. The molecule has 14 nitrogen and oxygen atoms in total. The van der Waals surface area contributed by atoms with Gasteiger partial charge in [0.2, 0.25) is 18.6 Å². The highest BCUT2D eigenvalue weighted by atomic mass is 16.8. The van der Waals surface area contributed by atoms with Crippen LogP contribution < -0.4 is 9.47 Å². The Labute approximate surface area is 228 Å². The Morgan fingerprint density at radius 3 is 2.45 bits per heavy atom. The van der Waals surface area contributed by atoms with Crippen LogP contribution in [0.5, 0.6) is 11.5 Å². The molecule has 0 aromatic heterocycles. The lowest BCUT2D eigenvalue weighted by atomic mass is 9.60. The summed E-state index contributed by atoms with van der Waals surface area (Å²) >= 11 is 0. The van der Waals surface area contributed by atoms with Gasteiger partial charge >= 0.3 is 0 Å². The number of hydrogen-bond acceptors (Lipinski definition) is 13. The first-order valence-corrected chi connectivity index (χ1v) is 13.3. The second-order valence-corrected chi connectivity index (χ2v) is 11.0. The van der Waals surface area contributed by atoms with Crippen molar-refractivity contribution in [2.24, 2.45) is 28.8 Å². The fourth-order valence-corrected chi connectivity index (χ4v) is 6.69. The normalized spacial score (nSPS) is 41.7. The third kappa shape index (κ3) is 4.43. The number of ether oxygens (including phenoxy) is 3. The van der Waals surface area contributed by atoms with Gasteiger partial charge in [-0.05, 0) is 30.5 Å². The van der Waals surface area contributed by atoms with Gasteiger partial charge < -0.3 is 49.7 Å². The zero-order chi connectivity index (χ0) is 28.3. The topological polar surface area (TPSA) is 208 Å². The molecule has 2 amide bonds. The van der Waals surface area contributed by atoms with Crippen LogP contribution in [0.2, 0.25) is 0 Å². The number of aliphatic hydroxyl groups is 6. The van der Waals surface area contributed by atoms with Crippen molar-refractivity contribution >= 4 is 17.5 Å². The molecule has 0 unspecified atom stereocenters. The number of benzene rings is 1. The standard InChI is InChI=1S/C26H32N2O12/c29-8-17-21(32)22(33)23(34)26(39-17)40-27-13-6-14(30)20(31)18-11(13)2-3-12-19(18)25(36)28(24(12)35)7-10-1-4-15-16(5-10)38-9-37-15/h1,4-5,11-12,14,17-23,26,29-34H,2-3,6-9H2/b27-13+/t11-,12+,14+,17+,18-,19+,20+,21+,22-,23+,26-/m0/s1. The van der Waals surface area contributed by atoms with Crippen molar-refractivity contribution in [3.8, 4) is 11.5 Å². The van der Waals surface area contributed by atoms with E-state index in [0.717, 1.165) is 0 Å². The molecular weight excluding hydrogens is 532 g/mol. The van der Waals surface area contributed by atoms with Gasteiger partial charge in [0.25, 0.3) is 6.29 Å². The van der Waals surface area contributed by atoms with Crippen molar-refractivity contribution < 1.29 is 59.3 Å². The van der Waals surface area contributed by atoms with Gasteiger partial charge in [0.15, 0.2) is 11.5 Å². The van der Waals surface area contributed by atoms with E-state index in [0.29, 0.717) is 35.6 Å². The van der Waals surface area contributed by atoms with Gasteiger partial charge in [0.05, 0.1) is 42.9 Å². The number of imide groups is 1. The smallest absolute Gasteiger partial charge is 0.256 e. The highest BCUT2D eigenvalue weighted by molar-refractivity contribution is 6.06. The van der Waals surface area contributed by atoms with Crippen LogP contribution in [-0.2, 0) is 25.7 Å². The highest BCUT2D eigenvalue weighted by Crippen LogP contribution is 2.50. The van der Waals surface area contributed by atoms with Gasteiger partial charge in [0.1, 0.15) is 24.4 Å². The van der Waals surface area contributed by atoms with Crippen molar-refractivity contribution in [1.29, 1.82) is 0 Å². The summed E-state index contributed by atoms with van der Waals surface area (Å²) in [6.07, 6.45) is -9.52. The average Bonchev–Trinajstić information content (AvgIpc) is 3.51. The number of oxime groups is 1. The Balaban J connectivity index is 1.22. The Hall–Kier alpha value is -2.85. The quantitative estimate of drug-likeness (QED) is 0.167. The van der Waals surface area contributed by atoms with Crippen LogP contribution in [0.4, 0.5) is 0 Å². The number of carbonyl (C=O) groups is 2. The van der Waals surface area contributed by atoms with Crippen molar-refractivity contribution in [3.63, 3.8) is 0 Å². The number of likely N-dealkylation sites (tertiary alicyclic amines) is 1. The summed E-state index contributed by atoms with van der Waals surface area (Å²) in [6.45, 7) is -0.519. The summed E-state index contributed by atoms with van der Waals surface area (Å²) in [4.78, 5) is 33.6. The number of nitrogens with zero attached hydrogens (tertiary/aromatic N) is 2. The Bertz CT molecular complexity index is 1190. The van der Waals surface area contributed by atoms with Crippen molar-refractivity contribution in [2.45, 2.75) is 68.7 Å². The van der Waals surface area contributed by atoms with E-state index in [2.05, 4.69) is 5.16 Å². The molecule has 218 valence electrons. The van der Waals surface area contributed by atoms with Crippen molar-refractivity contribution in [2.75, 3.05) is 13.4 Å². The molecule has 0 bridgehead atoms. The number of hydrogen-bond donors (Lipinski definition) is 6. The summed E-state index contributed by atoms with van der Waals surface area (Å²) in [5.41, 5.74) is 0.994. The van der Waals surface area contributed by atoms with E-state index in [-0.39, 0.29) is 25.7 Å². The van der Waals surface area contributed by atoms with Crippen LogP contribution in [0, 0.1) is 23.7 Å². The lowest BCUT2D eigenvalue weighted by Gasteiger charge is -2.45. The van der Waals surface area contributed by atoms with Gasteiger partial charge in [-0.2, -0.15) is 0 Å². The van der Waals surface area contributed by atoms with E-state index >= 15 is 0 Å². The summed E-state index contributed by atoms with van der Waals surface area (Å²) in [6, 6.07) is 5.18. The summed E-state index contributed by atoms with van der Waals surface area (Å²) in [5, 5.41) is 65.4. The lowest BCUT2D eigenvalue weighted by molar-refractivity contribution is -0.301. The van der Waals surface area contributed by atoms with E-state index in [4.69, 9.17) is 19.0 Å². The van der Waals surface area contributed by atoms with Gasteiger partial charge in [0, 0.05) is 18.3 Å². The molecule has 4 fully saturated rings. The van der Waals surface area contributed by atoms with Gasteiger partial charge in [-0.15, -0.1) is 0 Å². The van der Waals surface area contributed by atoms with Gasteiger partial charge in [-0.3, -0.25) is 14.5 Å². The van der Waals surface area contributed by atoms with E-state index in [9.17, 15) is 40.2 Å². The summed E-state index contributed by atoms with van der Waals surface area (Å²) in [7, 11) is 0. The molecule has 5 aliphatic rings. The Morgan fingerprint density at radius 2 is 1.68 bits per heavy atom. The predicted octanol–water partition coefficient (Wildman–Crippen LogP) is -2.16. The van der Waals surface area contributed by atoms with Crippen LogP contribution in [0.1, 0.15) is 24.8 Å². The third-order valence-corrected chi connectivity index (χ3v) is 8.77. The molecule has 1 aromatic carbocycles. The number of carbonyl (C=O) groups excluding carboxylic acids is 2. The molecule has 11 atom stereocenters. The van der Waals surface area contributed by atoms with Crippen LogP contribution in [0.3, 0.4) is 0 Å². The molecule has 2 saturated carbocycles. The molecule has 1 aromatic rings. The molecule has 3 heterocycles. The molecule has 0 spiro atoms. The van der Waals surface area contributed by atoms with Crippen LogP contribution in [0.15, 0.2) is 23.4 Å². The monoisotopic (exact) mass is 564 g/mol. The minimum absolute atomic E-state index is 0.0263. The fourth-order valence-electron chi connectivity index (χ4n) is 6.69. The second kappa shape index (κ2) is 10.5. The van der Waals surface area contributed by atoms with Crippen LogP contribution in [-0.4, -0.2) is 109 Å². The Kier molecular flexibility index (Phi) is 7.19. The lowest BCUT2D eigenvalue weighted by Crippen LogP contribution is -2.59. The zero-order valence-corrected chi connectivity index (χ0v) is 21.4. The number of fused-ring (bicyclic) bond motifs is 4. The number of amides is 2.